The maximum atomic E-state index is 10.6. The number of aldehydes is 1. The third-order valence-electron chi connectivity index (χ3n) is 1.87. The molecule has 2 nitrogen and oxygen atoms in total. The lowest BCUT2D eigenvalue weighted by atomic mass is 10.0. The molecule has 1 rings (SSSR count). The largest absolute Gasteiger partial charge is 0.507 e. The Morgan fingerprint density at radius 2 is 2.15 bits per heavy atom. The van der Waals surface area contributed by atoms with Gasteiger partial charge in [-0.25, -0.2) is 0 Å². The first-order chi connectivity index (χ1) is 6.06. The van der Waals surface area contributed by atoms with Crippen molar-refractivity contribution in [1.29, 1.82) is 0 Å². The molecule has 1 aromatic carbocycles. The SMILES string of the molecule is C=C(C)c1cc(C)cc(C=O)c1O. The Bertz CT molecular complexity index is 365. The van der Waals surface area contributed by atoms with E-state index >= 15 is 0 Å². The zero-order valence-electron chi connectivity index (χ0n) is 7.79. The van der Waals surface area contributed by atoms with E-state index in [-0.39, 0.29) is 5.75 Å². The molecule has 0 bridgehead atoms. The lowest BCUT2D eigenvalue weighted by Gasteiger charge is -2.07. The number of phenols is 1. The van der Waals surface area contributed by atoms with Gasteiger partial charge in [-0.1, -0.05) is 6.58 Å². The van der Waals surface area contributed by atoms with E-state index in [1.54, 1.807) is 13.0 Å². The van der Waals surface area contributed by atoms with Gasteiger partial charge < -0.3 is 5.11 Å². The minimum atomic E-state index is 0.0214. The van der Waals surface area contributed by atoms with Crippen LogP contribution in [-0.4, -0.2) is 11.4 Å². The van der Waals surface area contributed by atoms with Gasteiger partial charge in [0.2, 0.25) is 0 Å². The number of rotatable bonds is 2. The first-order valence-corrected chi connectivity index (χ1v) is 4.01. The molecule has 13 heavy (non-hydrogen) atoms. The normalized spacial score (nSPS) is 9.69. The molecule has 0 amide bonds. The minimum Gasteiger partial charge on any atom is -0.507 e. The summed E-state index contributed by atoms with van der Waals surface area (Å²) < 4.78 is 0. The average molecular weight is 176 g/mol. The maximum absolute atomic E-state index is 10.6. The predicted octanol–water partition coefficient (Wildman–Crippen LogP) is 2.55. The summed E-state index contributed by atoms with van der Waals surface area (Å²) in [6.45, 7) is 7.40. The second-order valence-electron chi connectivity index (χ2n) is 3.15. The number of phenolic OH excluding ortho intramolecular Hbond substituents is 1. The molecule has 0 aromatic heterocycles. The Morgan fingerprint density at radius 1 is 1.54 bits per heavy atom. The highest BCUT2D eigenvalue weighted by molar-refractivity contribution is 5.84. The highest BCUT2D eigenvalue weighted by atomic mass is 16.3. The Morgan fingerprint density at radius 3 is 2.62 bits per heavy atom. The number of carbonyl (C=O) groups excluding carboxylic acids is 1. The van der Waals surface area contributed by atoms with Crippen molar-refractivity contribution in [3.05, 3.63) is 35.4 Å². The van der Waals surface area contributed by atoms with Gasteiger partial charge in [0.05, 0.1) is 5.56 Å². The Labute approximate surface area is 77.5 Å². The molecule has 68 valence electrons. The predicted molar refractivity (Wildman–Crippen MR) is 52.9 cm³/mol. The summed E-state index contributed by atoms with van der Waals surface area (Å²) in [6.07, 6.45) is 0.648. The first-order valence-electron chi connectivity index (χ1n) is 4.01. The van der Waals surface area contributed by atoms with E-state index < -0.39 is 0 Å². The Kier molecular flexibility index (Phi) is 2.52. The fourth-order valence-corrected chi connectivity index (χ4v) is 1.22. The minimum absolute atomic E-state index is 0.0214. The lowest BCUT2D eigenvalue weighted by Crippen LogP contribution is -1.89. The van der Waals surface area contributed by atoms with Crippen LogP contribution in [0.4, 0.5) is 0 Å². The third-order valence-corrected chi connectivity index (χ3v) is 1.87. The second-order valence-corrected chi connectivity index (χ2v) is 3.15. The fraction of sp³-hybridized carbons (Fsp3) is 0.182. The van der Waals surface area contributed by atoms with Crippen molar-refractivity contribution in [1.82, 2.24) is 0 Å². The highest BCUT2D eigenvalue weighted by Crippen LogP contribution is 2.28. The van der Waals surface area contributed by atoms with Crippen LogP contribution in [0, 0.1) is 6.92 Å². The van der Waals surface area contributed by atoms with E-state index in [1.807, 2.05) is 13.0 Å². The second kappa shape index (κ2) is 3.44. The molecule has 0 atom stereocenters. The van der Waals surface area contributed by atoms with Crippen LogP contribution in [0.2, 0.25) is 0 Å². The molecule has 1 N–H and O–H groups in total. The number of carbonyl (C=O) groups is 1. The highest BCUT2D eigenvalue weighted by Gasteiger charge is 2.07. The van der Waals surface area contributed by atoms with Crippen molar-refractivity contribution in [3.63, 3.8) is 0 Å². The van der Waals surface area contributed by atoms with Crippen molar-refractivity contribution in [3.8, 4) is 5.75 Å². The smallest absolute Gasteiger partial charge is 0.153 e. The van der Waals surface area contributed by atoms with Crippen LogP contribution in [0.25, 0.3) is 5.57 Å². The number of benzene rings is 1. The monoisotopic (exact) mass is 176 g/mol. The number of hydrogen-bond acceptors (Lipinski definition) is 2. The van der Waals surface area contributed by atoms with Gasteiger partial charge in [0.25, 0.3) is 0 Å². The van der Waals surface area contributed by atoms with Crippen LogP contribution in [0.15, 0.2) is 18.7 Å². The van der Waals surface area contributed by atoms with E-state index in [4.69, 9.17) is 0 Å². The molecule has 0 aliphatic heterocycles. The standard InChI is InChI=1S/C11H12O2/c1-7(2)10-5-8(3)4-9(6-12)11(10)13/h4-6,13H,1H2,2-3H3. The molecule has 0 unspecified atom stereocenters. The van der Waals surface area contributed by atoms with Gasteiger partial charge in [-0.2, -0.15) is 0 Å². The van der Waals surface area contributed by atoms with E-state index in [1.165, 1.54) is 0 Å². The molecule has 0 aliphatic carbocycles. The van der Waals surface area contributed by atoms with Crippen LogP contribution in [0.1, 0.15) is 28.4 Å². The van der Waals surface area contributed by atoms with Crippen LogP contribution >= 0.6 is 0 Å². The number of allylic oxidation sites excluding steroid dienone is 1. The van der Waals surface area contributed by atoms with Crippen molar-refractivity contribution >= 4 is 11.9 Å². The molecule has 0 heterocycles. The Hall–Kier alpha value is -1.57. The molecule has 2 heteroatoms. The third kappa shape index (κ3) is 1.78. The molecule has 0 aliphatic rings. The fourth-order valence-electron chi connectivity index (χ4n) is 1.22. The first kappa shape index (κ1) is 9.52. The summed E-state index contributed by atoms with van der Waals surface area (Å²) in [5.41, 5.74) is 2.65. The van der Waals surface area contributed by atoms with Gasteiger partial charge >= 0.3 is 0 Å². The summed E-state index contributed by atoms with van der Waals surface area (Å²) in [4.78, 5) is 10.6. The molecule has 1 aromatic rings. The van der Waals surface area contributed by atoms with Gasteiger partial charge in [-0.05, 0) is 37.1 Å². The summed E-state index contributed by atoms with van der Waals surface area (Å²) in [5, 5.41) is 9.59. The van der Waals surface area contributed by atoms with E-state index in [2.05, 4.69) is 6.58 Å². The number of hydrogen-bond donors (Lipinski definition) is 1. The summed E-state index contributed by atoms with van der Waals surface area (Å²) >= 11 is 0. The van der Waals surface area contributed by atoms with Crippen molar-refractivity contribution in [2.45, 2.75) is 13.8 Å². The van der Waals surface area contributed by atoms with E-state index in [0.717, 1.165) is 11.1 Å². The van der Waals surface area contributed by atoms with Gasteiger partial charge in [-0.3, -0.25) is 4.79 Å². The van der Waals surface area contributed by atoms with Crippen LogP contribution in [0.3, 0.4) is 0 Å². The maximum Gasteiger partial charge on any atom is 0.153 e. The molecule has 0 fully saturated rings. The molecular weight excluding hydrogens is 164 g/mol. The van der Waals surface area contributed by atoms with Crippen molar-refractivity contribution in [2.24, 2.45) is 0 Å². The van der Waals surface area contributed by atoms with Crippen LogP contribution in [0.5, 0.6) is 5.75 Å². The molecule has 0 spiro atoms. The van der Waals surface area contributed by atoms with Crippen molar-refractivity contribution in [2.75, 3.05) is 0 Å². The van der Waals surface area contributed by atoms with Crippen LogP contribution < -0.4 is 0 Å². The number of aromatic hydroxyl groups is 1. The van der Waals surface area contributed by atoms with Gasteiger partial charge in [0, 0.05) is 5.56 Å². The summed E-state index contributed by atoms with van der Waals surface area (Å²) in [7, 11) is 0. The van der Waals surface area contributed by atoms with Gasteiger partial charge in [0.15, 0.2) is 6.29 Å². The molecule has 0 radical (unpaired) electrons. The lowest BCUT2D eigenvalue weighted by molar-refractivity contribution is 0.112. The van der Waals surface area contributed by atoms with Gasteiger partial charge in [0.1, 0.15) is 5.75 Å². The molecule has 0 saturated carbocycles. The Balaban J connectivity index is 3.44. The average Bonchev–Trinajstić information content (AvgIpc) is 2.08. The van der Waals surface area contributed by atoms with Crippen LogP contribution in [-0.2, 0) is 0 Å². The van der Waals surface area contributed by atoms with E-state index in [0.29, 0.717) is 17.4 Å². The van der Waals surface area contributed by atoms with Gasteiger partial charge in [-0.15, -0.1) is 0 Å². The zero-order valence-corrected chi connectivity index (χ0v) is 7.79. The summed E-state index contributed by atoms with van der Waals surface area (Å²) in [5.74, 6) is 0.0214. The molecular formula is C11H12O2. The topological polar surface area (TPSA) is 37.3 Å². The van der Waals surface area contributed by atoms with E-state index in [9.17, 15) is 9.90 Å². The number of aryl methyl sites for hydroxylation is 1. The van der Waals surface area contributed by atoms with Crippen molar-refractivity contribution < 1.29 is 9.90 Å². The zero-order chi connectivity index (χ0) is 10.0. The summed E-state index contributed by atoms with van der Waals surface area (Å²) in [6, 6.07) is 3.46. The quantitative estimate of drug-likeness (QED) is 0.703. The molecule has 0 saturated heterocycles.